The van der Waals surface area contributed by atoms with Gasteiger partial charge in [0.05, 0.1) is 12.2 Å². The predicted octanol–water partition coefficient (Wildman–Crippen LogP) is 3.85. The minimum Gasteiger partial charge on any atom is -0.347 e. The number of aromatic nitrogens is 1. The number of hydrogen-bond acceptors (Lipinski definition) is 3. The lowest BCUT2D eigenvalue weighted by molar-refractivity contribution is -0.133. The van der Waals surface area contributed by atoms with E-state index in [1.54, 1.807) is 18.8 Å². The molecule has 0 aliphatic carbocycles. The van der Waals surface area contributed by atoms with E-state index >= 15 is 0 Å². The summed E-state index contributed by atoms with van der Waals surface area (Å²) in [6.07, 6.45) is 4.31. The zero-order chi connectivity index (χ0) is 19.2. The summed E-state index contributed by atoms with van der Waals surface area (Å²) >= 11 is 1.57. The van der Waals surface area contributed by atoms with Gasteiger partial charge in [0.15, 0.2) is 0 Å². The van der Waals surface area contributed by atoms with Gasteiger partial charge in [-0.1, -0.05) is 30.3 Å². The fourth-order valence-corrected chi connectivity index (χ4v) is 3.54. The Morgan fingerprint density at radius 2 is 1.81 bits per heavy atom. The number of anilines is 1. The highest BCUT2D eigenvalue weighted by Crippen LogP contribution is 2.24. The summed E-state index contributed by atoms with van der Waals surface area (Å²) in [4.78, 5) is 27.2. The van der Waals surface area contributed by atoms with E-state index in [2.05, 4.69) is 16.0 Å². The van der Waals surface area contributed by atoms with Crippen molar-refractivity contribution in [1.82, 2.24) is 9.47 Å². The van der Waals surface area contributed by atoms with Crippen LogP contribution in [-0.2, 0) is 16.1 Å². The van der Waals surface area contributed by atoms with Crippen molar-refractivity contribution in [2.24, 2.45) is 0 Å². The Kier molecular flexibility index (Phi) is 6.19. The molecule has 3 aromatic rings. The highest BCUT2D eigenvalue weighted by atomic mass is 32.2. The number of carbonyl (C=O) groups is 2. The van der Waals surface area contributed by atoms with Crippen molar-refractivity contribution >= 4 is 40.2 Å². The molecule has 0 saturated heterocycles. The molecule has 0 aliphatic heterocycles. The average Bonchev–Trinajstić information content (AvgIpc) is 3.09. The van der Waals surface area contributed by atoms with Crippen LogP contribution in [0.25, 0.3) is 10.9 Å². The van der Waals surface area contributed by atoms with Crippen LogP contribution in [0.15, 0.2) is 65.7 Å². The molecule has 2 amide bonds. The van der Waals surface area contributed by atoms with Crippen LogP contribution in [0.4, 0.5) is 5.69 Å². The van der Waals surface area contributed by atoms with Gasteiger partial charge in [0.1, 0.15) is 0 Å². The number of carbonyl (C=O) groups excluding carboxylic acids is 2. The van der Waals surface area contributed by atoms with Crippen molar-refractivity contribution < 1.29 is 9.59 Å². The minimum atomic E-state index is -0.196. The third-order valence-electron chi connectivity index (χ3n) is 4.43. The zero-order valence-electron chi connectivity index (χ0n) is 15.5. The van der Waals surface area contributed by atoms with Crippen LogP contribution in [0.2, 0.25) is 0 Å². The normalized spacial score (nSPS) is 10.7. The van der Waals surface area contributed by atoms with E-state index in [4.69, 9.17) is 0 Å². The molecule has 0 radical (unpaired) electrons. The molecular weight excluding hydrogens is 358 g/mol. The second-order valence-corrected chi connectivity index (χ2v) is 7.16. The Morgan fingerprint density at radius 3 is 2.63 bits per heavy atom. The molecule has 0 aliphatic rings. The summed E-state index contributed by atoms with van der Waals surface area (Å²) in [6, 6.07) is 17.8. The summed E-state index contributed by atoms with van der Waals surface area (Å²) in [5.74, 6) is -0.250. The smallest absolute Gasteiger partial charge is 0.244 e. The first-order valence-corrected chi connectivity index (χ1v) is 10.0. The number of likely N-dealkylation sites (N-methyl/N-ethyl adjacent to an activating group) is 1. The molecule has 5 nitrogen and oxygen atoms in total. The van der Waals surface area contributed by atoms with Gasteiger partial charge in [-0.3, -0.25) is 9.59 Å². The standard InChI is InChI=1S/C21H23N3O2S/c1-23(15-20(25)22-17-8-4-6-10-19(17)27-2)21(26)12-14-24-13-11-16-7-3-5-9-18(16)24/h3-11,13H,12,14-15H2,1-2H3,(H,22,25). The Bertz CT molecular complexity index is 951. The number of hydrogen-bond donors (Lipinski definition) is 1. The lowest BCUT2D eigenvalue weighted by Crippen LogP contribution is -2.35. The lowest BCUT2D eigenvalue weighted by atomic mass is 10.2. The summed E-state index contributed by atoms with van der Waals surface area (Å²) < 4.78 is 2.07. The highest BCUT2D eigenvalue weighted by Gasteiger charge is 2.14. The SMILES string of the molecule is CSc1ccccc1NC(=O)CN(C)C(=O)CCn1ccc2ccccc21. The van der Waals surface area contributed by atoms with Crippen molar-refractivity contribution in [1.29, 1.82) is 0 Å². The van der Waals surface area contributed by atoms with Crippen molar-refractivity contribution in [2.45, 2.75) is 17.9 Å². The molecular formula is C21H23N3O2S. The second-order valence-electron chi connectivity index (χ2n) is 6.32. The Labute approximate surface area is 163 Å². The number of nitrogens with one attached hydrogen (secondary N) is 1. The predicted molar refractivity (Wildman–Crippen MR) is 111 cm³/mol. The molecule has 0 saturated carbocycles. The van der Waals surface area contributed by atoms with Crippen molar-refractivity contribution in [3.63, 3.8) is 0 Å². The summed E-state index contributed by atoms with van der Waals surface area (Å²) in [5.41, 5.74) is 1.88. The van der Waals surface area contributed by atoms with Crippen LogP contribution < -0.4 is 5.32 Å². The molecule has 0 bridgehead atoms. The maximum atomic E-state index is 12.4. The zero-order valence-corrected chi connectivity index (χ0v) is 16.3. The number of amides is 2. The molecule has 0 atom stereocenters. The van der Waals surface area contributed by atoms with Crippen LogP contribution >= 0.6 is 11.8 Å². The van der Waals surface area contributed by atoms with Crippen LogP contribution in [0, 0.1) is 0 Å². The number of rotatable bonds is 7. The Balaban J connectivity index is 1.53. The molecule has 1 heterocycles. The van der Waals surface area contributed by atoms with Crippen LogP contribution in [0.1, 0.15) is 6.42 Å². The number of para-hydroxylation sites is 2. The average molecular weight is 382 g/mol. The maximum absolute atomic E-state index is 12.4. The van der Waals surface area contributed by atoms with Gasteiger partial charge in [0.2, 0.25) is 11.8 Å². The number of fused-ring (bicyclic) bond motifs is 1. The van der Waals surface area contributed by atoms with Gasteiger partial charge in [-0.15, -0.1) is 11.8 Å². The van der Waals surface area contributed by atoms with Gasteiger partial charge in [0, 0.05) is 36.6 Å². The van der Waals surface area contributed by atoms with Crippen molar-refractivity contribution in [3.05, 3.63) is 60.8 Å². The number of benzene rings is 2. The molecule has 6 heteroatoms. The van der Waals surface area contributed by atoms with E-state index < -0.39 is 0 Å². The number of nitrogens with zero attached hydrogens (tertiary/aromatic N) is 2. The number of thioether (sulfide) groups is 1. The molecule has 1 N–H and O–H groups in total. The first-order chi connectivity index (χ1) is 13.1. The monoisotopic (exact) mass is 381 g/mol. The fourth-order valence-electron chi connectivity index (χ4n) is 2.98. The van der Waals surface area contributed by atoms with E-state index in [0.29, 0.717) is 13.0 Å². The molecule has 0 unspecified atom stereocenters. The van der Waals surface area contributed by atoms with Gasteiger partial charge in [-0.2, -0.15) is 0 Å². The number of aryl methyl sites for hydroxylation is 1. The first kappa shape index (κ1) is 19.0. The quantitative estimate of drug-likeness (QED) is 0.633. The van der Waals surface area contributed by atoms with Gasteiger partial charge in [-0.05, 0) is 35.9 Å². The Morgan fingerprint density at radius 1 is 1.07 bits per heavy atom. The summed E-state index contributed by atoms with van der Waals surface area (Å²) in [6.45, 7) is 0.627. The van der Waals surface area contributed by atoms with Gasteiger partial charge >= 0.3 is 0 Å². The van der Waals surface area contributed by atoms with Crippen LogP contribution in [0.5, 0.6) is 0 Å². The van der Waals surface area contributed by atoms with E-state index in [9.17, 15) is 9.59 Å². The highest BCUT2D eigenvalue weighted by molar-refractivity contribution is 7.98. The third-order valence-corrected chi connectivity index (χ3v) is 5.23. The topological polar surface area (TPSA) is 54.3 Å². The van der Waals surface area contributed by atoms with Crippen LogP contribution in [-0.4, -0.2) is 41.1 Å². The lowest BCUT2D eigenvalue weighted by Gasteiger charge is -2.18. The second kappa shape index (κ2) is 8.77. The molecule has 140 valence electrons. The molecule has 3 rings (SSSR count). The molecule has 0 spiro atoms. The molecule has 0 fully saturated rings. The molecule has 1 aromatic heterocycles. The van der Waals surface area contributed by atoms with E-state index in [-0.39, 0.29) is 18.4 Å². The van der Waals surface area contributed by atoms with E-state index in [1.807, 2.05) is 61.0 Å². The largest absolute Gasteiger partial charge is 0.347 e. The first-order valence-electron chi connectivity index (χ1n) is 8.79. The third kappa shape index (κ3) is 4.71. The van der Waals surface area contributed by atoms with Crippen LogP contribution in [0.3, 0.4) is 0 Å². The van der Waals surface area contributed by atoms with E-state index in [0.717, 1.165) is 21.5 Å². The van der Waals surface area contributed by atoms with Gasteiger partial charge < -0.3 is 14.8 Å². The Hall–Kier alpha value is -2.73. The molecule has 27 heavy (non-hydrogen) atoms. The van der Waals surface area contributed by atoms with Gasteiger partial charge in [0.25, 0.3) is 0 Å². The van der Waals surface area contributed by atoms with E-state index in [1.165, 1.54) is 4.90 Å². The van der Waals surface area contributed by atoms with Crippen molar-refractivity contribution in [2.75, 3.05) is 25.2 Å². The maximum Gasteiger partial charge on any atom is 0.244 e. The van der Waals surface area contributed by atoms with Crippen molar-refractivity contribution in [3.8, 4) is 0 Å². The summed E-state index contributed by atoms with van der Waals surface area (Å²) in [7, 11) is 1.66. The minimum absolute atomic E-state index is 0.0357. The summed E-state index contributed by atoms with van der Waals surface area (Å²) in [5, 5.41) is 4.04. The van der Waals surface area contributed by atoms with Gasteiger partial charge in [-0.25, -0.2) is 0 Å². The molecule has 2 aromatic carbocycles. The fraction of sp³-hybridized carbons (Fsp3) is 0.238.